The second-order valence-electron chi connectivity index (χ2n) is 5.01. The Morgan fingerprint density at radius 3 is 2.77 bits per heavy atom. The van der Waals surface area contributed by atoms with Gasteiger partial charge in [0.05, 0.1) is 11.8 Å². The quantitative estimate of drug-likeness (QED) is 0.784. The van der Waals surface area contributed by atoms with Crippen molar-refractivity contribution in [1.82, 2.24) is 25.5 Å². The van der Waals surface area contributed by atoms with E-state index < -0.39 is 0 Å². The van der Waals surface area contributed by atoms with Gasteiger partial charge in [-0.05, 0) is 48.4 Å². The molecular weight excluding hydrogens is 322 g/mol. The van der Waals surface area contributed by atoms with Crippen LogP contribution in [0.2, 0.25) is 5.02 Å². The highest BCUT2D eigenvalue weighted by Crippen LogP contribution is 2.16. The molecule has 22 heavy (non-hydrogen) atoms. The minimum atomic E-state index is -0.0303. The normalized spacial score (nSPS) is 10.9. The zero-order valence-electron chi connectivity index (χ0n) is 12.5. The average Bonchev–Trinajstić information content (AvgIpc) is 2.96. The summed E-state index contributed by atoms with van der Waals surface area (Å²) in [6.07, 6.45) is 0.775. The van der Waals surface area contributed by atoms with Crippen LogP contribution in [-0.4, -0.2) is 38.4 Å². The van der Waals surface area contributed by atoms with E-state index in [1.807, 2.05) is 38.1 Å². The number of halogens is 1. The van der Waals surface area contributed by atoms with Crippen LogP contribution in [0.1, 0.15) is 25.5 Å². The van der Waals surface area contributed by atoms with Crippen LogP contribution in [-0.2, 0) is 11.2 Å². The number of carbonyl (C=O) groups excluding carboxylic acids is 1. The first-order chi connectivity index (χ1) is 10.6. The number of benzene rings is 1. The van der Waals surface area contributed by atoms with Crippen LogP contribution in [0.25, 0.3) is 0 Å². The Labute approximate surface area is 138 Å². The third-order valence-electron chi connectivity index (χ3n) is 2.93. The van der Waals surface area contributed by atoms with Gasteiger partial charge in [-0.2, -0.15) is 0 Å². The summed E-state index contributed by atoms with van der Waals surface area (Å²) >= 11 is 7.17. The summed E-state index contributed by atoms with van der Waals surface area (Å²) in [5.74, 6) is 0.269. The van der Waals surface area contributed by atoms with Crippen LogP contribution in [0.4, 0.5) is 0 Å². The number of amides is 1. The lowest BCUT2D eigenvalue weighted by Gasteiger charge is -2.07. The van der Waals surface area contributed by atoms with Gasteiger partial charge in [0.2, 0.25) is 11.1 Å². The molecule has 0 radical (unpaired) electrons. The van der Waals surface area contributed by atoms with Crippen LogP contribution >= 0.6 is 23.4 Å². The van der Waals surface area contributed by atoms with Crippen molar-refractivity contribution in [2.45, 2.75) is 31.5 Å². The predicted molar refractivity (Wildman–Crippen MR) is 87.1 cm³/mol. The van der Waals surface area contributed by atoms with Crippen LogP contribution in [0.5, 0.6) is 0 Å². The molecule has 2 rings (SSSR count). The molecule has 1 heterocycles. The van der Waals surface area contributed by atoms with E-state index in [1.54, 1.807) is 4.68 Å². The van der Waals surface area contributed by atoms with Crippen molar-refractivity contribution in [3.63, 3.8) is 0 Å². The Kier molecular flexibility index (Phi) is 6.21. The van der Waals surface area contributed by atoms with Gasteiger partial charge in [-0.25, -0.2) is 4.68 Å². The molecule has 1 N–H and O–H groups in total. The maximum atomic E-state index is 11.8. The second-order valence-corrected chi connectivity index (χ2v) is 6.39. The van der Waals surface area contributed by atoms with E-state index in [0.29, 0.717) is 22.5 Å². The number of nitrogens with zero attached hydrogens (tertiary/aromatic N) is 4. The Bertz CT molecular complexity index is 614. The molecule has 2 aromatic rings. The minimum Gasteiger partial charge on any atom is -0.355 e. The van der Waals surface area contributed by atoms with E-state index in [4.69, 9.17) is 11.6 Å². The minimum absolute atomic E-state index is 0.0303. The zero-order chi connectivity index (χ0) is 15.9. The zero-order valence-corrected chi connectivity index (χ0v) is 14.1. The molecule has 118 valence electrons. The number of rotatable bonds is 7. The van der Waals surface area contributed by atoms with Crippen molar-refractivity contribution in [2.24, 2.45) is 0 Å². The molecule has 0 saturated heterocycles. The highest BCUT2D eigenvalue weighted by atomic mass is 35.5. The molecule has 0 aliphatic rings. The molecule has 6 nitrogen and oxygen atoms in total. The van der Waals surface area contributed by atoms with Crippen LogP contribution in [0.15, 0.2) is 29.4 Å². The maximum absolute atomic E-state index is 11.8. The molecule has 1 amide bonds. The fraction of sp³-hybridized carbons (Fsp3) is 0.429. The number of tetrazole rings is 1. The largest absolute Gasteiger partial charge is 0.355 e. The molecule has 8 heteroatoms. The fourth-order valence-electron chi connectivity index (χ4n) is 1.78. The van der Waals surface area contributed by atoms with E-state index in [-0.39, 0.29) is 11.9 Å². The molecule has 1 aromatic heterocycles. The predicted octanol–water partition coefficient (Wildman–Crippen LogP) is 2.36. The Morgan fingerprint density at radius 2 is 2.09 bits per heavy atom. The number of nitrogens with one attached hydrogen (secondary N) is 1. The van der Waals surface area contributed by atoms with Gasteiger partial charge in [-0.1, -0.05) is 35.5 Å². The summed E-state index contributed by atoms with van der Waals surface area (Å²) < 4.78 is 1.70. The van der Waals surface area contributed by atoms with Gasteiger partial charge >= 0.3 is 0 Å². The van der Waals surface area contributed by atoms with Gasteiger partial charge in [0.1, 0.15) is 0 Å². The summed E-state index contributed by atoms with van der Waals surface area (Å²) in [7, 11) is 0. The highest BCUT2D eigenvalue weighted by Gasteiger charge is 2.11. The lowest BCUT2D eigenvalue weighted by Crippen LogP contribution is -2.27. The van der Waals surface area contributed by atoms with E-state index >= 15 is 0 Å². The van der Waals surface area contributed by atoms with E-state index in [2.05, 4.69) is 20.8 Å². The molecule has 0 spiro atoms. The first-order valence-electron chi connectivity index (χ1n) is 6.98. The Hall–Kier alpha value is -1.60. The third kappa shape index (κ3) is 4.99. The summed E-state index contributed by atoms with van der Waals surface area (Å²) in [6, 6.07) is 7.78. The van der Waals surface area contributed by atoms with Crippen molar-refractivity contribution in [1.29, 1.82) is 0 Å². The molecule has 0 atom stereocenters. The van der Waals surface area contributed by atoms with Crippen molar-refractivity contribution >= 4 is 29.3 Å². The smallest absolute Gasteiger partial charge is 0.230 e. The van der Waals surface area contributed by atoms with E-state index in [0.717, 1.165) is 12.0 Å². The summed E-state index contributed by atoms with van der Waals surface area (Å²) in [5.41, 5.74) is 1.14. The van der Waals surface area contributed by atoms with Gasteiger partial charge < -0.3 is 5.32 Å². The summed E-state index contributed by atoms with van der Waals surface area (Å²) in [5, 5.41) is 15.7. The number of carbonyl (C=O) groups is 1. The van der Waals surface area contributed by atoms with Gasteiger partial charge in [-0.3, -0.25) is 4.79 Å². The lowest BCUT2D eigenvalue weighted by atomic mass is 10.1. The lowest BCUT2D eigenvalue weighted by molar-refractivity contribution is -0.118. The highest BCUT2D eigenvalue weighted by molar-refractivity contribution is 7.99. The first kappa shape index (κ1) is 16.8. The van der Waals surface area contributed by atoms with Crippen molar-refractivity contribution in [3.05, 3.63) is 34.9 Å². The molecular formula is C14H18ClN5OS. The summed E-state index contributed by atoms with van der Waals surface area (Å²) in [6.45, 7) is 4.58. The Morgan fingerprint density at radius 1 is 1.36 bits per heavy atom. The fourth-order valence-corrected chi connectivity index (χ4v) is 2.75. The first-order valence-corrected chi connectivity index (χ1v) is 8.34. The second kappa shape index (κ2) is 8.14. The number of aromatic nitrogens is 4. The molecule has 0 bridgehead atoms. The Balaban J connectivity index is 1.72. The number of hydrogen-bond acceptors (Lipinski definition) is 5. The van der Waals surface area contributed by atoms with Crippen LogP contribution in [0.3, 0.4) is 0 Å². The molecule has 0 aliphatic heterocycles. The van der Waals surface area contributed by atoms with Crippen LogP contribution < -0.4 is 5.32 Å². The van der Waals surface area contributed by atoms with Gasteiger partial charge in [-0.15, -0.1) is 5.10 Å². The van der Waals surface area contributed by atoms with E-state index in [1.165, 1.54) is 11.8 Å². The molecule has 0 unspecified atom stereocenters. The average molecular weight is 340 g/mol. The topological polar surface area (TPSA) is 72.7 Å². The SMILES string of the molecule is CC(C)n1nnnc1SCC(=O)NCCc1ccc(Cl)cc1. The summed E-state index contributed by atoms with van der Waals surface area (Å²) in [4.78, 5) is 11.8. The van der Waals surface area contributed by atoms with Gasteiger partial charge in [0.15, 0.2) is 0 Å². The number of thioether (sulfide) groups is 1. The van der Waals surface area contributed by atoms with E-state index in [9.17, 15) is 4.79 Å². The van der Waals surface area contributed by atoms with Crippen LogP contribution in [0, 0.1) is 0 Å². The van der Waals surface area contributed by atoms with Gasteiger partial charge in [0.25, 0.3) is 0 Å². The molecule has 0 aliphatic carbocycles. The number of hydrogen-bond donors (Lipinski definition) is 1. The molecule has 0 saturated carbocycles. The van der Waals surface area contributed by atoms with Crippen molar-refractivity contribution in [2.75, 3.05) is 12.3 Å². The van der Waals surface area contributed by atoms with Crippen molar-refractivity contribution in [3.8, 4) is 0 Å². The van der Waals surface area contributed by atoms with Gasteiger partial charge in [0, 0.05) is 11.6 Å². The molecule has 1 aromatic carbocycles. The maximum Gasteiger partial charge on any atom is 0.230 e. The molecule has 0 fully saturated rings. The standard InChI is InChI=1S/C14H18ClN5OS/c1-10(2)20-14(17-18-19-20)22-9-13(21)16-8-7-11-3-5-12(15)6-4-11/h3-6,10H,7-9H2,1-2H3,(H,16,21). The monoisotopic (exact) mass is 339 g/mol. The van der Waals surface area contributed by atoms with Crippen molar-refractivity contribution < 1.29 is 4.79 Å². The third-order valence-corrected chi connectivity index (χ3v) is 4.12.